The minimum atomic E-state index is -0.217. The molecule has 1 rings (SSSR count). The van der Waals surface area contributed by atoms with E-state index in [9.17, 15) is 4.79 Å². The highest BCUT2D eigenvalue weighted by atomic mass is 16.5. The number of aryl methyl sites for hydroxylation is 1. The van der Waals surface area contributed by atoms with Gasteiger partial charge in [-0.05, 0) is 31.2 Å². The number of ether oxygens (including phenoxy) is 1. The first-order chi connectivity index (χ1) is 8.77. The fourth-order valence-corrected chi connectivity index (χ4v) is 1.95. The quantitative estimate of drug-likeness (QED) is 0.664. The molecule has 0 radical (unpaired) electrons. The second-order valence-electron chi connectivity index (χ2n) is 4.60. The molecule has 0 amide bonds. The first kappa shape index (κ1) is 14.9. The van der Waals surface area contributed by atoms with E-state index in [0.29, 0.717) is 13.0 Å². The molecule has 0 aliphatic rings. The molecule has 100 valence electrons. The van der Waals surface area contributed by atoms with Crippen LogP contribution < -0.4 is 0 Å². The molecular formula is C16H24O2. The fraction of sp³-hybridized carbons (Fsp3) is 0.562. The van der Waals surface area contributed by atoms with Crippen molar-refractivity contribution in [3.63, 3.8) is 0 Å². The highest BCUT2D eigenvalue weighted by Gasteiger charge is 2.17. The second-order valence-corrected chi connectivity index (χ2v) is 4.60. The van der Waals surface area contributed by atoms with E-state index in [-0.39, 0.29) is 11.9 Å². The summed E-state index contributed by atoms with van der Waals surface area (Å²) in [4.78, 5) is 11.9. The standard InChI is InChI=1S/C16H24O2/c1-3-8-15(17)16(18-13-4-2)12-11-14-9-6-5-7-10-14/h5-7,9-10,16H,3-4,8,11-13H2,1-2H3. The van der Waals surface area contributed by atoms with Gasteiger partial charge < -0.3 is 4.74 Å². The zero-order valence-corrected chi connectivity index (χ0v) is 11.5. The van der Waals surface area contributed by atoms with Crippen molar-refractivity contribution < 1.29 is 9.53 Å². The Labute approximate surface area is 110 Å². The van der Waals surface area contributed by atoms with E-state index in [4.69, 9.17) is 4.74 Å². The zero-order valence-electron chi connectivity index (χ0n) is 11.5. The number of benzene rings is 1. The van der Waals surface area contributed by atoms with E-state index in [2.05, 4.69) is 19.1 Å². The van der Waals surface area contributed by atoms with E-state index in [1.807, 2.05) is 25.1 Å². The summed E-state index contributed by atoms with van der Waals surface area (Å²) in [6.07, 6.45) is 3.97. The predicted molar refractivity (Wildman–Crippen MR) is 74.7 cm³/mol. The van der Waals surface area contributed by atoms with E-state index >= 15 is 0 Å². The molecule has 1 aromatic carbocycles. The molecule has 2 heteroatoms. The number of hydrogen-bond donors (Lipinski definition) is 0. The molecule has 2 nitrogen and oxygen atoms in total. The third kappa shape index (κ3) is 5.46. The summed E-state index contributed by atoms with van der Waals surface area (Å²) < 4.78 is 5.68. The largest absolute Gasteiger partial charge is 0.370 e. The van der Waals surface area contributed by atoms with Crippen LogP contribution in [0.3, 0.4) is 0 Å². The Morgan fingerprint density at radius 1 is 1.17 bits per heavy atom. The number of Topliss-reactive ketones (excluding diaryl/α,β-unsaturated/α-hetero) is 1. The molecule has 0 saturated carbocycles. The highest BCUT2D eigenvalue weighted by Crippen LogP contribution is 2.11. The maximum absolute atomic E-state index is 11.9. The highest BCUT2D eigenvalue weighted by molar-refractivity contribution is 5.83. The van der Waals surface area contributed by atoms with Gasteiger partial charge in [0.2, 0.25) is 0 Å². The molecule has 0 fully saturated rings. The molecule has 0 N–H and O–H groups in total. The van der Waals surface area contributed by atoms with Gasteiger partial charge in [0, 0.05) is 13.0 Å². The van der Waals surface area contributed by atoms with Gasteiger partial charge in [0.25, 0.3) is 0 Å². The minimum absolute atomic E-state index is 0.217. The average Bonchev–Trinajstić information content (AvgIpc) is 2.40. The van der Waals surface area contributed by atoms with Crippen LogP contribution in [-0.4, -0.2) is 18.5 Å². The van der Waals surface area contributed by atoms with E-state index in [1.165, 1.54) is 5.56 Å². The van der Waals surface area contributed by atoms with Crippen LogP contribution in [0.5, 0.6) is 0 Å². The minimum Gasteiger partial charge on any atom is -0.370 e. The summed E-state index contributed by atoms with van der Waals surface area (Å²) in [6, 6.07) is 10.3. The van der Waals surface area contributed by atoms with E-state index in [1.54, 1.807) is 0 Å². The van der Waals surface area contributed by atoms with Gasteiger partial charge in [0.15, 0.2) is 5.78 Å². The maximum Gasteiger partial charge on any atom is 0.161 e. The Morgan fingerprint density at radius 3 is 2.50 bits per heavy atom. The molecule has 0 bridgehead atoms. The van der Waals surface area contributed by atoms with Gasteiger partial charge in [0.05, 0.1) is 0 Å². The normalized spacial score (nSPS) is 12.3. The first-order valence-electron chi connectivity index (χ1n) is 6.96. The lowest BCUT2D eigenvalue weighted by Gasteiger charge is -2.16. The zero-order chi connectivity index (χ0) is 13.2. The molecule has 0 heterocycles. The maximum atomic E-state index is 11.9. The second kappa shape index (κ2) is 8.87. The molecule has 0 aromatic heterocycles. The Hall–Kier alpha value is -1.15. The van der Waals surface area contributed by atoms with Crippen LogP contribution in [-0.2, 0) is 16.0 Å². The molecule has 1 unspecified atom stereocenters. The lowest BCUT2D eigenvalue weighted by molar-refractivity contribution is -0.131. The van der Waals surface area contributed by atoms with Gasteiger partial charge in [-0.2, -0.15) is 0 Å². The summed E-state index contributed by atoms with van der Waals surface area (Å²) in [5.41, 5.74) is 1.27. The third-order valence-corrected chi connectivity index (χ3v) is 2.92. The lowest BCUT2D eigenvalue weighted by Crippen LogP contribution is -2.25. The number of ketones is 1. The molecule has 1 atom stereocenters. The Bertz CT molecular complexity index is 332. The molecule has 0 aliphatic carbocycles. The number of carbonyl (C=O) groups excluding carboxylic acids is 1. The van der Waals surface area contributed by atoms with Crippen molar-refractivity contribution >= 4 is 5.78 Å². The Morgan fingerprint density at radius 2 is 1.89 bits per heavy atom. The number of rotatable bonds is 9. The van der Waals surface area contributed by atoms with Crippen LogP contribution in [0, 0.1) is 0 Å². The number of hydrogen-bond acceptors (Lipinski definition) is 2. The molecule has 1 aromatic rings. The van der Waals surface area contributed by atoms with Gasteiger partial charge in [-0.1, -0.05) is 44.2 Å². The number of carbonyl (C=O) groups is 1. The van der Waals surface area contributed by atoms with Crippen molar-refractivity contribution in [2.45, 2.75) is 52.1 Å². The predicted octanol–water partition coefficient (Wildman–Crippen LogP) is 3.78. The summed E-state index contributed by atoms with van der Waals surface area (Å²) in [6.45, 7) is 4.78. The van der Waals surface area contributed by atoms with Crippen LogP contribution in [0.25, 0.3) is 0 Å². The average molecular weight is 248 g/mol. The van der Waals surface area contributed by atoms with Crippen LogP contribution in [0.1, 0.15) is 45.1 Å². The van der Waals surface area contributed by atoms with Gasteiger partial charge >= 0.3 is 0 Å². The van der Waals surface area contributed by atoms with Crippen LogP contribution >= 0.6 is 0 Å². The van der Waals surface area contributed by atoms with Gasteiger partial charge in [-0.25, -0.2) is 0 Å². The summed E-state index contributed by atoms with van der Waals surface area (Å²) >= 11 is 0. The summed E-state index contributed by atoms with van der Waals surface area (Å²) in [5, 5.41) is 0. The van der Waals surface area contributed by atoms with Crippen LogP contribution in [0.4, 0.5) is 0 Å². The van der Waals surface area contributed by atoms with Crippen molar-refractivity contribution in [1.82, 2.24) is 0 Å². The summed E-state index contributed by atoms with van der Waals surface area (Å²) in [7, 11) is 0. The fourth-order valence-electron chi connectivity index (χ4n) is 1.95. The SMILES string of the molecule is CCCOC(CCc1ccccc1)C(=O)CCC. The van der Waals surface area contributed by atoms with E-state index in [0.717, 1.165) is 25.7 Å². The third-order valence-electron chi connectivity index (χ3n) is 2.92. The van der Waals surface area contributed by atoms with Crippen molar-refractivity contribution in [1.29, 1.82) is 0 Å². The van der Waals surface area contributed by atoms with Crippen molar-refractivity contribution in [2.75, 3.05) is 6.61 Å². The first-order valence-corrected chi connectivity index (χ1v) is 6.96. The molecule has 0 aliphatic heterocycles. The van der Waals surface area contributed by atoms with Crippen LogP contribution in [0.15, 0.2) is 30.3 Å². The molecule has 18 heavy (non-hydrogen) atoms. The summed E-state index contributed by atoms with van der Waals surface area (Å²) in [5.74, 6) is 0.252. The molecule has 0 saturated heterocycles. The molecular weight excluding hydrogens is 224 g/mol. The monoisotopic (exact) mass is 248 g/mol. The van der Waals surface area contributed by atoms with Crippen molar-refractivity contribution in [3.05, 3.63) is 35.9 Å². The Kier molecular flexibility index (Phi) is 7.35. The topological polar surface area (TPSA) is 26.3 Å². The van der Waals surface area contributed by atoms with Gasteiger partial charge in [0.1, 0.15) is 6.10 Å². The van der Waals surface area contributed by atoms with Crippen molar-refractivity contribution in [3.8, 4) is 0 Å². The van der Waals surface area contributed by atoms with Crippen LogP contribution in [0.2, 0.25) is 0 Å². The Balaban J connectivity index is 2.47. The molecule has 0 spiro atoms. The van der Waals surface area contributed by atoms with Gasteiger partial charge in [-0.15, -0.1) is 0 Å². The van der Waals surface area contributed by atoms with Crippen molar-refractivity contribution in [2.24, 2.45) is 0 Å². The van der Waals surface area contributed by atoms with E-state index < -0.39 is 0 Å². The smallest absolute Gasteiger partial charge is 0.161 e. The lowest BCUT2D eigenvalue weighted by atomic mass is 10.0. The van der Waals surface area contributed by atoms with Gasteiger partial charge in [-0.3, -0.25) is 4.79 Å².